The van der Waals surface area contributed by atoms with Crippen LogP contribution in [0.1, 0.15) is 37.5 Å². The molecule has 0 spiro atoms. The molecule has 2 aromatic heterocycles. The first kappa shape index (κ1) is 17.0. The molecule has 0 fully saturated rings. The van der Waals surface area contributed by atoms with Crippen LogP contribution >= 0.6 is 0 Å². The third-order valence-electron chi connectivity index (χ3n) is 3.02. The molecule has 2 rings (SSSR count). The minimum atomic E-state index is -1.74. The van der Waals surface area contributed by atoms with E-state index in [1.807, 2.05) is 0 Å². The summed E-state index contributed by atoms with van der Waals surface area (Å²) in [5.74, 6) is -6.19. The zero-order valence-electron chi connectivity index (χ0n) is 11.8. The molecule has 0 unspecified atom stereocenters. The molecular formula is C14H10NO9. The molecule has 0 aliphatic heterocycles. The van der Waals surface area contributed by atoms with Gasteiger partial charge in [-0.25, -0.2) is 14.4 Å². The number of carboxylic acids is 3. The summed E-state index contributed by atoms with van der Waals surface area (Å²) in [5.41, 5.74) is -2.79. The van der Waals surface area contributed by atoms with E-state index in [0.29, 0.717) is 0 Å². The lowest BCUT2D eigenvalue weighted by Gasteiger charge is -2.10. The van der Waals surface area contributed by atoms with Gasteiger partial charge in [-0.15, -0.1) is 0 Å². The standard InChI is InChI=1S/C14H10NO9/c16-4-3-9(17)24-8-2-1-7-11(14(22)23)10(13(20)21)6(12(18)19)5-15(7)8/h2,5,16H,3-4H2,(H,18,19)(H,20,21)(H,22,23). The predicted molar refractivity (Wildman–Crippen MR) is 74.4 cm³/mol. The van der Waals surface area contributed by atoms with E-state index >= 15 is 0 Å². The van der Waals surface area contributed by atoms with Crippen LogP contribution in [-0.4, -0.2) is 55.3 Å². The van der Waals surface area contributed by atoms with Crippen molar-refractivity contribution in [2.24, 2.45) is 0 Å². The first-order valence-corrected chi connectivity index (χ1v) is 6.39. The number of ether oxygens (including phenoxy) is 1. The number of rotatable bonds is 6. The van der Waals surface area contributed by atoms with Crippen LogP contribution in [0.4, 0.5) is 0 Å². The van der Waals surface area contributed by atoms with Gasteiger partial charge in [-0.3, -0.25) is 9.20 Å². The summed E-state index contributed by atoms with van der Waals surface area (Å²) in [6, 6.07) is 3.50. The second-order valence-electron chi connectivity index (χ2n) is 4.50. The van der Waals surface area contributed by atoms with Gasteiger partial charge in [0, 0.05) is 18.3 Å². The van der Waals surface area contributed by atoms with Gasteiger partial charge < -0.3 is 25.2 Å². The molecule has 4 N–H and O–H groups in total. The van der Waals surface area contributed by atoms with Crippen molar-refractivity contribution in [2.75, 3.05) is 6.61 Å². The van der Waals surface area contributed by atoms with Gasteiger partial charge in [-0.05, 0) is 0 Å². The van der Waals surface area contributed by atoms with E-state index in [9.17, 15) is 24.3 Å². The maximum Gasteiger partial charge on any atom is 0.338 e. The Kier molecular flexibility index (Phi) is 4.51. The highest BCUT2D eigenvalue weighted by Crippen LogP contribution is 2.26. The molecule has 10 heteroatoms. The molecule has 0 atom stereocenters. The molecule has 2 heterocycles. The fourth-order valence-corrected chi connectivity index (χ4v) is 2.08. The SMILES string of the molecule is O=C(CCO)Oc1c[c]c2c(C(=O)O)c(C(=O)O)c(C(=O)O)cn12. The number of hydrogen-bond donors (Lipinski definition) is 4. The van der Waals surface area contributed by atoms with Crippen molar-refractivity contribution in [1.29, 1.82) is 0 Å². The second kappa shape index (κ2) is 6.38. The molecule has 0 aliphatic rings. The lowest BCUT2D eigenvalue weighted by molar-refractivity contribution is -0.135. The first-order chi connectivity index (χ1) is 11.3. The normalized spacial score (nSPS) is 10.5. The Morgan fingerprint density at radius 1 is 1.04 bits per heavy atom. The van der Waals surface area contributed by atoms with Crippen molar-refractivity contribution in [3.63, 3.8) is 0 Å². The number of pyridine rings is 1. The number of hydrogen-bond acceptors (Lipinski definition) is 6. The molecule has 2 aromatic rings. The lowest BCUT2D eigenvalue weighted by Crippen LogP contribution is -2.18. The summed E-state index contributed by atoms with van der Waals surface area (Å²) in [6.45, 7) is -0.476. The fourth-order valence-electron chi connectivity index (χ4n) is 2.08. The van der Waals surface area contributed by atoms with E-state index < -0.39 is 47.2 Å². The van der Waals surface area contributed by atoms with E-state index in [-0.39, 0.29) is 17.8 Å². The molecule has 0 bridgehead atoms. The van der Waals surface area contributed by atoms with Crippen LogP contribution < -0.4 is 4.74 Å². The van der Waals surface area contributed by atoms with Gasteiger partial charge in [0.15, 0.2) is 0 Å². The number of carboxylic acid groups (broad SMARTS) is 3. The second-order valence-corrected chi connectivity index (χ2v) is 4.50. The largest absolute Gasteiger partial charge is 0.478 e. The van der Waals surface area contributed by atoms with E-state index in [1.165, 1.54) is 0 Å². The third-order valence-corrected chi connectivity index (χ3v) is 3.02. The molecular weight excluding hydrogens is 326 g/mol. The van der Waals surface area contributed by atoms with Gasteiger partial charge in [0.2, 0.25) is 5.88 Å². The highest BCUT2D eigenvalue weighted by atomic mass is 16.5. The number of carbonyl (C=O) groups is 4. The highest BCUT2D eigenvalue weighted by molar-refractivity contribution is 6.12. The van der Waals surface area contributed by atoms with E-state index in [0.717, 1.165) is 16.7 Å². The Labute approximate surface area is 133 Å². The van der Waals surface area contributed by atoms with Gasteiger partial charge in [0.25, 0.3) is 0 Å². The zero-order chi connectivity index (χ0) is 18.0. The fraction of sp³-hybridized carbons (Fsp3) is 0.143. The van der Waals surface area contributed by atoms with E-state index in [4.69, 9.17) is 20.1 Å². The molecule has 0 amide bonds. The molecule has 0 saturated heterocycles. The molecule has 24 heavy (non-hydrogen) atoms. The number of carbonyl (C=O) groups excluding carboxylic acids is 1. The van der Waals surface area contributed by atoms with Gasteiger partial charge in [-0.1, -0.05) is 0 Å². The number of fused-ring (bicyclic) bond motifs is 1. The van der Waals surface area contributed by atoms with Crippen molar-refractivity contribution in [3.05, 3.63) is 35.0 Å². The number of esters is 1. The van der Waals surface area contributed by atoms with Crippen LogP contribution in [0.3, 0.4) is 0 Å². The van der Waals surface area contributed by atoms with Crippen molar-refractivity contribution < 1.29 is 44.3 Å². The maximum atomic E-state index is 11.4. The Balaban J connectivity index is 2.78. The Morgan fingerprint density at radius 2 is 1.67 bits per heavy atom. The summed E-state index contributed by atoms with van der Waals surface area (Å²) >= 11 is 0. The van der Waals surface area contributed by atoms with Gasteiger partial charge >= 0.3 is 23.9 Å². The minimum Gasteiger partial charge on any atom is -0.478 e. The number of aromatic nitrogens is 1. The molecule has 1 radical (unpaired) electrons. The van der Waals surface area contributed by atoms with E-state index in [1.54, 1.807) is 0 Å². The van der Waals surface area contributed by atoms with Crippen molar-refractivity contribution in [1.82, 2.24) is 4.40 Å². The van der Waals surface area contributed by atoms with Crippen LogP contribution in [0.5, 0.6) is 5.88 Å². The predicted octanol–water partition coefficient (Wildman–Crippen LogP) is 0.122. The maximum absolute atomic E-state index is 11.4. The monoisotopic (exact) mass is 336 g/mol. The average molecular weight is 336 g/mol. The van der Waals surface area contributed by atoms with Crippen LogP contribution in [0.25, 0.3) is 5.52 Å². The molecule has 0 saturated carbocycles. The molecule has 0 aliphatic carbocycles. The summed E-state index contributed by atoms with van der Waals surface area (Å²) in [7, 11) is 0. The minimum absolute atomic E-state index is 0.259. The van der Waals surface area contributed by atoms with Crippen LogP contribution in [0.15, 0.2) is 12.3 Å². The number of aromatic carboxylic acids is 3. The molecule has 125 valence electrons. The first-order valence-electron chi connectivity index (χ1n) is 6.39. The van der Waals surface area contributed by atoms with Crippen LogP contribution in [0, 0.1) is 6.07 Å². The van der Waals surface area contributed by atoms with Crippen LogP contribution in [-0.2, 0) is 4.79 Å². The summed E-state index contributed by atoms with van der Waals surface area (Å²) < 4.78 is 5.77. The van der Waals surface area contributed by atoms with Gasteiger partial charge in [0.1, 0.15) is 0 Å². The zero-order valence-corrected chi connectivity index (χ0v) is 11.8. The highest BCUT2D eigenvalue weighted by Gasteiger charge is 2.28. The molecule has 10 nitrogen and oxygen atoms in total. The van der Waals surface area contributed by atoms with Crippen molar-refractivity contribution in [3.8, 4) is 5.88 Å². The smallest absolute Gasteiger partial charge is 0.338 e. The van der Waals surface area contributed by atoms with Crippen molar-refractivity contribution >= 4 is 29.4 Å². The lowest BCUT2D eigenvalue weighted by atomic mass is 10.0. The Bertz CT molecular complexity index is 865. The summed E-state index contributed by atoms with van der Waals surface area (Å²) in [6.07, 6.45) is 0.490. The summed E-state index contributed by atoms with van der Waals surface area (Å²) in [4.78, 5) is 45.4. The van der Waals surface area contributed by atoms with E-state index in [2.05, 4.69) is 6.07 Å². The Hall–Kier alpha value is -3.40. The Morgan fingerprint density at radius 3 is 2.17 bits per heavy atom. The quantitative estimate of drug-likeness (QED) is 0.536. The third kappa shape index (κ3) is 2.90. The number of aliphatic hydroxyl groups is 1. The average Bonchev–Trinajstić information content (AvgIpc) is 2.87. The van der Waals surface area contributed by atoms with Gasteiger partial charge in [-0.2, -0.15) is 0 Å². The number of nitrogens with zero attached hydrogens (tertiary/aromatic N) is 1. The number of aliphatic hydroxyl groups excluding tert-OH is 1. The topological polar surface area (TPSA) is 163 Å². The van der Waals surface area contributed by atoms with Crippen molar-refractivity contribution in [2.45, 2.75) is 6.42 Å². The van der Waals surface area contributed by atoms with Crippen LogP contribution in [0.2, 0.25) is 0 Å². The summed E-state index contributed by atoms with van der Waals surface area (Å²) in [5, 5.41) is 36.3. The molecule has 0 aromatic carbocycles. The van der Waals surface area contributed by atoms with Gasteiger partial charge in [0.05, 0.1) is 35.2 Å².